The fraction of sp³-hybridized carbons (Fsp3) is 0.250. The summed E-state index contributed by atoms with van der Waals surface area (Å²) >= 11 is 0. The highest BCUT2D eigenvalue weighted by atomic mass is 16.3. The highest BCUT2D eigenvalue weighted by Crippen LogP contribution is 2.11. The zero-order valence-electron chi connectivity index (χ0n) is 8.55. The molecule has 0 aliphatic carbocycles. The molecule has 0 aliphatic rings. The predicted octanol–water partition coefficient (Wildman–Crippen LogP) is 1.38. The minimum Gasteiger partial charge on any atom is -0.392 e. The van der Waals surface area contributed by atoms with Gasteiger partial charge in [0.1, 0.15) is 0 Å². The van der Waals surface area contributed by atoms with E-state index in [1.54, 1.807) is 17.6 Å². The van der Waals surface area contributed by atoms with Crippen molar-refractivity contribution in [1.82, 2.24) is 4.57 Å². The number of benzene rings is 1. The number of aliphatic hydroxyl groups excluding tert-OH is 1. The number of hydrogen-bond acceptors (Lipinski definition) is 2. The van der Waals surface area contributed by atoms with E-state index in [0.717, 1.165) is 10.9 Å². The van der Waals surface area contributed by atoms with Crippen molar-refractivity contribution in [3.05, 3.63) is 46.8 Å². The first-order valence-corrected chi connectivity index (χ1v) is 4.95. The molecular formula is C12H13NO2. The largest absolute Gasteiger partial charge is 0.392 e. The van der Waals surface area contributed by atoms with Crippen LogP contribution < -0.4 is 5.56 Å². The second-order valence-electron chi connectivity index (χ2n) is 3.69. The number of rotatable bonds is 2. The monoisotopic (exact) mass is 203 g/mol. The van der Waals surface area contributed by atoms with Gasteiger partial charge < -0.3 is 9.67 Å². The fourth-order valence-electron chi connectivity index (χ4n) is 1.70. The van der Waals surface area contributed by atoms with Crippen LogP contribution in [-0.2, 0) is 6.54 Å². The quantitative estimate of drug-likeness (QED) is 0.801. The summed E-state index contributed by atoms with van der Waals surface area (Å²) < 4.78 is 1.60. The van der Waals surface area contributed by atoms with Crippen LogP contribution in [0.3, 0.4) is 0 Å². The van der Waals surface area contributed by atoms with Crippen molar-refractivity contribution in [2.45, 2.75) is 19.6 Å². The highest BCUT2D eigenvalue weighted by molar-refractivity contribution is 5.78. The minimum absolute atomic E-state index is 0.0744. The Morgan fingerprint density at radius 2 is 2.00 bits per heavy atom. The van der Waals surface area contributed by atoms with Gasteiger partial charge in [-0.15, -0.1) is 0 Å². The van der Waals surface area contributed by atoms with Crippen molar-refractivity contribution >= 4 is 10.9 Å². The molecule has 1 heterocycles. The van der Waals surface area contributed by atoms with E-state index in [9.17, 15) is 9.90 Å². The zero-order valence-corrected chi connectivity index (χ0v) is 8.55. The number of fused-ring (bicyclic) bond motifs is 1. The van der Waals surface area contributed by atoms with Crippen molar-refractivity contribution in [1.29, 1.82) is 0 Å². The van der Waals surface area contributed by atoms with Crippen molar-refractivity contribution in [2.75, 3.05) is 0 Å². The van der Waals surface area contributed by atoms with Crippen LogP contribution in [-0.4, -0.2) is 15.8 Å². The summed E-state index contributed by atoms with van der Waals surface area (Å²) in [6.07, 6.45) is -0.520. The van der Waals surface area contributed by atoms with E-state index in [2.05, 4.69) is 0 Å². The maximum Gasteiger partial charge on any atom is 0.251 e. The molecule has 0 fully saturated rings. The Morgan fingerprint density at radius 1 is 1.27 bits per heavy atom. The predicted molar refractivity (Wildman–Crippen MR) is 59.9 cm³/mol. The van der Waals surface area contributed by atoms with Crippen LogP contribution in [0.4, 0.5) is 0 Å². The van der Waals surface area contributed by atoms with Gasteiger partial charge >= 0.3 is 0 Å². The number of para-hydroxylation sites is 1. The molecule has 2 aromatic rings. The van der Waals surface area contributed by atoms with Crippen LogP contribution in [0.25, 0.3) is 10.9 Å². The molecule has 0 saturated heterocycles. The zero-order chi connectivity index (χ0) is 10.8. The summed E-state index contributed by atoms with van der Waals surface area (Å²) in [6.45, 7) is 2.01. The number of nitrogens with zero attached hydrogens (tertiary/aromatic N) is 1. The number of pyridine rings is 1. The van der Waals surface area contributed by atoms with E-state index in [1.165, 1.54) is 6.07 Å². The van der Waals surface area contributed by atoms with E-state index in [4.69, 9.17) is 0 Å². The lowest BCUT2D eigenvalue weighted by Crippen LogP contribution is -2.24. The average molecular weight is 203 g/mol. The minimum atomic E-state index is -0.520. The van der Waals surface area contributed by atoms with E-state index >= 15 is 0 Å². The third kappa shape index (κ3) is 1.92. The molecule has 0 saturated carbocycles. The molecule has 0 unspecified atom stereocenters. The summed E-state index contributed by atoms with van der Waals surface area (Å²) in [5, 5.41) is 10.3. The van der Waals surface area contributed by atoms with Gasteiger partial charge in [-0.25, -0.2) is 0 Å². The van der Waals surface area contributed by atoms with Gasteiger partial charge in [-0.05, 0) is 24.4 Å². The summed E-state index contributed by atoms with van der Waals surface area (Å²) in [5.41, 5.74) is 0.792. The Bertz CT molecular complexity index is 528. The lowest BCUT2D eigenvalue weighted by molar-refractivity contribution is 0.174. The first kappa shape index (κ1) is 9.93. The molecule has 78 valence electrons. The molecule has 0 aliphatic heterocycles. The Balaban J connectivity index is 2.68. The molecular weight excluding hydrogens is 190 g/mol. The summed E-state index contributed by atoms with van der Waals surface area (Å²) in [4.78, 5) is 11.6. The molecule has 0 bridgehead atoms. The van der Waals surface area contributed by atoms with E-state index in [0.29, 0.717) is 6.54 Å². The van der Waals surface area contributed by atoms with Crippen molar-refractivity contribution in [3.8, 4) is 0 Å². The first-order chi connectivity index (χ1) is 7.18. The fourth-order valence-corrected chi connectivity index (χ4v) is 1.70. The molecule has 1 aromatic heterocycles. The Hall–Kier alpha value is -1.61. The number of aliphatic hydroxyl groups is 1. The van der Waals surface area contributed by atoms with E-state index in [-0.39, 0.29) is 5.56 Å². The SMILES string of the molecule is C[C@@H](O)Cn1c(=O)ccc2ccccc21. The molecule has 1 atom stereocenters. The maximum absolute atomic E-state index is 11.6. The summed E-state index contributed by atoms with van der Waals surface area (Å²) in [5.74, 6) is 0. The molecule has 15 heavy (non-hydrogen) atoms. The van der Waals surface area contributed by atoms with Crippen LogP contribution in [0, 0.1) is 0 Å². The van der Waals surface area contributed by atoms with Crippen LogP contribution >= 0.6 is 0 Å². The van der Waals surface area contributed by atoms with Gasteiger partial charge in [0, 0.05) is 6.07 Å². The van der Waals surface area contributed by atoms with E-state index < -0.39 is 6.10 Å². The molecule has 0 amide bonds. The number of hydrogen-bond donors (Lipinski definition) is 1. The van der Waals surface area contributed by atoms with Crippen LogP contribution in [0.15, 0.2) is 41.2 Å². The normalized spacial score (nSPS) is 12.9. The van der Waals surface area contributed by atoms with E-state index in [1.807, 2.05) is 24.3 Å². The maximum atomic E-state index is 11.6. The van der Waals surface area contributed by atoms with Gasteiger partial charge in [-0.1, -0.05) is 18.2 Å². The van der Waals surface area contributed by atoms with Crippen LogP contribution in [0.1, 0.15) is 6.92 Å². The second kappa shape index (κ2) is 3.87. The molecule has 2 rings (SSSR count). The van der Waals surface area contributed by atoms with Gasteiger partial charge in [-0.2, -0.15) is 0 Å². The Labute approximate surface area is 87.6 Å². The summed E-state index contributed by atoms with van der Waals surface area (Å²) in [7, 11) is 0. The number of aromatic nitrogens is 1. The third-order valence-electron chi connectivity index (χ3n) is 2.35. The average Bonchev–Trinajstić information content (AvgIpc) is 2.22. The lowest BCUT2D eigenvalue weighted by Gasteiger charge is -2.11. The molecule has 3 heteroatoms. The molecule has 0 radical (unpaired) electrons. The molecule has 0 spiro atoms. The van der Waals surface area contributed by atoms with Gasteiger partial charge in [0.25, 0.3) is 5.56 Å². The van der Waals surface area contributed by atoms with Crippen molar-refractivity contribution < 1.29 is 5.11 Å². The van der Waals surface area contributed by atoms with Gasteiger partial charge in [0.05, 0.1) is 18.2 Å². The molecule has 1 N–H and O–H groups in total. The van der Waals surface area contributed by atoms with Gasteiger partial charge in [0.15, 0.2) is 0 Å². The van der Waals surface area contributed by atoms with Crippen molar-refractivity contribution in [2.24, 2.45) is 0 Å². The third-order valence-corrected chi connectivity index (χ3v) is 2.35. The van der Waals surface area contributed by atoms with Gasteiger partial charge in [-0.3, -0.25) is 4.79 Å². The standard InChI is InChI=1S/C12H13NO2/c1-9(14)8-13-11-5-3-2-4-10(11)6-7-12(13)15/h2-7,9,14H,8H2,1H3/t9-/m1/s1. The molecule has 1 aromatic carbocycles. The highest BCUT2D eigenvalue weighted by Gasteiger charge is 2.04. The summed E-state index contributed by atoms with van der Waals surface area (Å²) in [6, 6.07) is 11.0. The Kier molecular flexibility index (Phi) is 2.56. The topological polar surface area (TPSA) is 42.2 Å². The van der Waals surface area contributed by atoms with Gasteiger partial charge in [0.2, 0.25) is 0 Å². The molecule has 3 nitrogen and oxygen atoms in total. The first-order valence-electron chi connectivity index (χ1n) is 4.95. The van der Waals surface area contributed by atoms with Crippen LogP contribution in [0.2, 0.25) is 0 Å². The smallest absolute Gasteiger partial charge is 0.251 e. The van der Waals surface area contributed by atoms with Crippen molar-refractivity contribution in [3.63, 3.8) is 0 Å². The lowest BCUT2D eigenvalue weighted by atomic mass is 10.2. The van der Waals surface area contributed by atoms with Crippen LogP contribution in [0.5, 0.6) is 0 Å². The Morgan fingerprint density at radius 3 is 2.73 bits per heavy atom. The second-order valence-corrected chi connectivity index (χ2v) is 3.69.